The molecule has 0 unspecified atom stereocenters. The van der Waals surface area contributed by atoms with E-state index < -0.39 is 0 Å². The maximum absolute atomic E-state index is 12.1. The Morgan fingerprint density at radius 3 is 2.92 bits per heavy atom. The fraction of sp³-hybridized carbons (Fsp3) is 0.333. The van der Waals surface area contributed by atoms with E-state index in [0.717, 1.165) is 12.2 Å². The third-order valence-corrected chi connectivity index (χ3v) is 3.80. The third-order valence-electron chi connectivity index (χ3n) is 3.52. The van der Waals surface area contributed by atoms with Crippen LogP contribution in [0.1, 0.15) is 30.2 Å². The topological polar surface area (TPSA) is 90.8 Å². The van der Waals surface area contributed by atoms with Crippen molar-refractivity contribution in [1.82, 2.24) is 29.8 Å². The Balaban J connectivity index is 1.67. The molecule has 8 nitrogen and oxygen atoms in total. The molecule has 0 saturated carbocycles. The average molecular weight is 349 g/mol. The molecule has 0 saturated heterocycles. The van der Waals surface area contributed by atoms with Crippen LogP contribution in [0.25, 0.3) is 11.5 Å². The summed E-state index contributed by atoms with van der Waals surface area (Å²) in [6.07, 6.45) is 3.55. The first-order valence-corrected chi connectivity index (χ1v) is 7.99. The molecule has 1 amide bonds. The molecule has 1 N–H and O–H groups in total. The number of hydrogen-bond donors (Lipinski definition) is 1. The van der Waals surface area contributed by atoms with Gasteiger partial charge in [0.05, 0.1) is 17.3 Å². The van der Waals surface area contributed by atoms with Crippen molar-refractivity contribution in [3.63, 3.8) is 0 Å². The second-order valence-electron chi connectivity index (χ2n) is 5.06. The van der Waals surface area contributed by atoms with Gasteiger partial charge in [-0.2, -0.15) is 10.1 Å². The van der Waals surface area contributed by atoms with Gasteiger partial charge in [0.1, 0.15) is 0 Å². The molecule has 0 aromatic carbocycles. The predicted octanol–water partition coefficient (Wildman–Crippen LogP) is 2.36. The van der Waals surface area contributed by atoms with E-state index in [9.17, 15) is 4.79 Å². The largest absolute Gasteiger partial charge is 0.345 e. The Bertz CT molecular complexity index is 850. The highest BCUT2D eigenvalue weighted by Crippen LogP contribution is 2.17. The lowest BCUT2D eigenvalue weighted by molar-refractivity contribution is 0.0940. The van der Waals surface area contributed by atoms with Crippen LogP contribution in [0, 0.1) is 0 Å². The van der Waals surface area contributed by atoms with Gasteiger partial charge in [0, 0.05) is 25.5 Å². The number of nitrogens with one attached hydrogen (secondary N) is 1. The van der Waals surface area contributed by atoms with E-state index in [1.165, 1.54) is 0 Å². The normalized spacial score (nSPS) is 11.0. The SMILES string of the molecule is CCn1cc(Cl)c(C(=O)NCc2nc(-c3cccn3CC)no2)n1. The molecule has 0 spiro atoms. The molecule has 0 radical (unpaired) electrons. The first-order chi connectivity index (χ1) is 11.6. The molecule has 0 fully saturated rings. The Labute approximate surface area is 143 Å². The maximum Gasteiger partial charge on any atom is 0.273 e. The van der Waals surface area contributed by atoms with Gasteiger partial charge >= 0.3 is 0 Å². The van der Waals surface area contributed by atoms with Crippen LogP contribution in [0.3, 0.4) is 0 Å². The zero-order valence-electron chi connectivity index (χ0n) is 13.4. The molecule has 3 rings (SSSR count). The summed E-state index contributed by atoms with van der Waals surface area (Å²) in [7, 11) is 0. The van der Waals surface area contributed by atoms with E-state index in [2.05, 4.69) is 20.6 Å². The highest BCUT2D eigenvalue weighted by Gasteiger charge is 2.17. The van der Waals surface area contributed by atoms with Crippen molar-refractivity contribution in [1.29, 1.82) is 0 Å². The predicted molar refractivity (Wildman–Crippen MR) is 87.5 cm³/mol. The Hall–Kier alpha value is -2.61. The Kier molecular flexibility index (Phi) is 4.66. The number of amides is 1. The molecule has 3 aromatic rings. The smallest absolute Gasteiger partial charge is 0.273 e. The second kappa shape index (κ2) is 6.88. The molecule has 0 aliphatic carbocycles. The van der Waals surface area contributed by atoms with Crippen LogP contribution in [0.15, 0.2) is 29.0 Å². The van der Waals surface area contributed by atoms with Gasteiger partial charge < -0.3 is 14.4 Å². The van der Waals surface area contributed by atoms with E-state index in [-0.39, 0.29) is 18.1 Å². The molecule has 0 aliphatic heterocycles. The van der Waals surface area contributed by atoms with Crippen LogP contribution < -0.4 is 5.32 Å². The van der Waals surface area contributed by atoms with Crippen molar-refractivity contribution in [2.75, 3.05) is 0 Å². The quantitative estimate of drug-likeness (QED) is 0.738. The van der Waals surface area contributed by atoms with Crippen molar-refractivity contribution in [2.24, 2.45) is 0 Å². The molecule has 0 bridgehead atoms. The summed E-state index contributed by atoms with van der Waals surface area (Å²) >= 11 is 6.01. The average Bonchev–Trinajstić information content (AvgIpc) is 3.30. The van der Waals surface area contributed by atoms with Crippen LogP contribution >= 0.6 is 11.6 Å². The summed E-state index contributed by atoms with van der Waals surface area (Å²) in [6.45, 7) is 5.49. The summed E-state index contributed by atoms with van der Waals surface area (Å²) in [6, 6.07) is 3.83. The molecule has 0 atom stereocenters. The van der Waals surface area contributed by atoms with E-state index in [4.69, 9.17) is 16.1 Å². The van der Waals surface area contributed by atoms with Gasteiger partial charge in [-0.1, -0.05) is 16.8 Å². The fourth-order valence-corrected chi connectivity index (χ4v) is 2.51. The van der Waals surface area contributed by atoms with Crippen molar-refractivity contribution in [3.05, 3.63) is 41.1 Å². The number of halogens is 1. The highest BCUT2D eigenvalue weighted by atomic mass is 35.5. The minimum absolute atomic E-state index is 0.105. The molecule has 3 heterocycles. The lowest BCUT2D eigenvalue weighted by Crippen LogP contribution is -2.24. The summed E-state index contributed by atoms with van der Waals surface area (Å²) in [4.78, 5) is 16.4. The zero-order valence-corrected chi connectivity index (χ0v) is 14.1. The molecular formula is C15H17ClN6O2. The van der Waals surface area contributed by atoms with Crippen LogP contribution in [0.4, 0.5) is 0 Å². The molecule has 9 heteroatoms. The van der Waals surface area contributed by atoms with Gasteiger partial charge in [0.15, 0.2) is 5.69 Å². The number of aromatic nitrogens is 5. The summed E-state index contributed by atoms with van der Waals surface area (Å²) in [5.74, 6) is 0.413. The maximum atomic E-state index is 12.1. The minimum atomic E-state index is -0.385. The van der Waals surface area contributed by atoms with Gasteiger partial charge in [-0.15, -0.1) is 0 Å². The van der Waals surface area contributed by atoms with Crippen molar-refractivity contribution in [2.45, 2.75) is 33.5 Å². The Morgan fingerprint density at radius 2 is 2.21 bits per heavy atom. The van der Waals surface area contributed by atoms with Gasteiger partial charge in [-0.25, -0.2) is 0 Å². The van der Waals surface area contributed by atoms with Gasteiger partial charge in [-0.05, 0) is 26.0 Å². The van der Waals surface area contributed by atoms with E-state index in [0.29, 0.717) is 23.3 Å². The lowest BCUT2D eigenvalue weighted by Gasteiger charge is -2.01. The number of nitrogens with zero attached hydrogens (tertiary/aromatic N) is 5. The zero-order chi connectivity index (χ0) is 17.1. The van der Waals surface area contributed by atoms with Crippen LogP contribution in [0.2, 0.25) is 5.02 Å². The molecule has 3 aromatic heterocycles. The van der Waals surface area contributed by atoms with Crippen LogP contribution in [-0.4, -0.2) is 30.4 Å². The van der Waals surface area contributed by atoms with Gasteiger partial charge in [0.2, 0.25) is 11.7 Å². The molecule has 0 aliphatic rings. The second-order valence-corrected chi connectivity index (χ2v) is 5.46. The molecule has 126 valence electrons. The van der Waals surface area contributed by atoms with Crippen molar-refractivity contribution < 1.29 is 9.32 Å². The van der Waals surface area contributed by atoms with E-state index in [1.807, 2.05) is 36.7 Å². The number of aryl methyl sites for hydroxylation is 2. The van der Waals surface area contributed by atoms with Gasteiger partial charge in [0.25, 0.3) is 5.91 Å². The summed E-state index contributed by atoms with van der Waals surface area (Å²) in [5.41, 5.74) is 1.04. The number of hydrogen-bond acceptors (Lipinski definition) is 5. The molecular weight excluding hydrogens is 332 g/mol. The Morgan fingerprint density at radius 1 is 1.38 bits per heavy atom. The third kappa shape index (κ3) is 3.18. The molecule has 24 heavy (non-hydrogen) atoms. The number of rotatable bonds is 6. The summed E-state index contributed by atoms with van der Waals surface area (Å²) < 4.78 is 8.79. The van der Waals surface area contributed by atoms with E-state index in [1.54, 1.807) is 10.9 Å². The standard InChI is InChI=1S/C15H17ClN6O2/c1-3-21-7-5-6-11(21)14-18-12(24-20-14)8-17-15(23)13-10(16)9-22(4-2)19-13/h5-7,9H,3-4,8H2,1-2H3,(H,17,23). The van der Waals surface area contributed by atoms with E-state index >= 15 is 0 Å². The highest BCUT2D eigenvalue weighted by molar-refractivity contribution is 6.33. The number of carbonyl (C=O) groups excluding carboxylic acids is 1. The summed E-state index contributed by atoms with van der Waals surface area (Å²) in [5, 5.41) is 11.0. The fourth-order valence-electron chi connectivity index (χ4n) is 2.28. The minimum Gasteiger partial charge on any atom is -0.345 e. The monoisotopic (exact) mass is 348 g/mol. The van der Waals surface area contributed by atoms with Crippen molar-refractivity contribution >= 4 is 17.5 Å². The van der Waals surface area contributed by atoms with Crippen LogP contribution in [0.5, 0.6) is 0 Å². The lowest BCUT2D eigenvalue weighted by atomic mass is 10.4. The van der Waals surface area contributed by atoms with Crippen LogP contribution in [-0.2, 0) is 19.6 Å². The first-order valence-electron chi connectivity index (χ1n) is 7.61. The first kappa shape index (κ1) is 16.3. The van der Waals surface area contributed by atoms with Crippen molar-refractivity contribution in [3.8, 4) is 11.5 Å². The van der Waals surface area contributed by atoms with Gasteiger partial charge in [-0.3, -0.25) is 9.48 Å². The number of carbonyl (C=O) groups is 1.